The van der Waals surface area contributed by atoms with Crippen molar-refractivity contribution in [2.75, 3.05) is 125 Å². The molecule has 0 bridgehead atoms. The molecule has 11 atom stereocenters. The van der Waals surface area contributed by atoms with Gasteiger partial charge in [-0.05, 0) is 32.1 Å². The van der Waals surface area contributed by atoms with Crippen molar-refractivity contribution in [3.63, 3.8) is 0 Å². The van der Waals surface area contributed by atoms with E-state index in [0.717, 1.165) is 38.5 Å². The topological polar surface area (TPSA) is 388 Å². The molecule has 80 heavy (non-hydrogen) atoms. The summed E-state index contributed by atoms with van der Waals surface area (Å²) >= 11 is 0. The summed E-state index contributed by atoms with van der Waals surface area (Å²) in [6, 6.07) is -2.76. The normalized spacial score (nSPS) is 23.2. The number of rotatable bonds is 48. The van der Waals surface area contributed by atoms with Gasteiger partial charge in [-0.3, -0.25) is 28.8 Å². The Morgan fingerprint density at radius 1 is 0.463 bits per heavy atom. The lowest BCUT2D eigenvalue weighted by atomic mass is 9.97. The number of nitrogens with one attached hydrogen (secondary N) is 6. The Bertz CT molecular complexity index is 1680. The molecule has 466 valence electrons. The fourth-order valence-corrected chi connectivity index (χ4v) is 8.28. The van der Waals surface area contributed by atoms with Crippen molar-refractivity contribution in [2.45, 2.75) is 172 Å². The lowest BCUT2D eigenvalue weighted by Gasteiger charge is -2.42. The minimum Gasteiger partial charge on any atom is -0.394 e. The quantitative estimate of drug-likeness (QED) is 0.0269. The van der Waals surface area contributed by atoms with Gasteiger partial charge in [-0.2, -0.15) is 0 Å². The zero-order chi connectivity index (χ0) is 58.8. The lowest BCUT2D eigenvalue weighted by molar-refractivity contribution is -0.272. The minimum atomic E-state index is -1.41. The maximum Gasteiger partial charge on any atom is 0.245 e. The number of ether oxygens (including phenoxy) is 10. The Hall–Kier alpha value is -3.82. The molecular weight excluding hydrogens is 1060 g/mol. The predicted molar refractivity (Wildman–Crippen MR) is 284 cm³/mol. The van der Waals surface area contributed by atoms with Crippen LogP contribution in [0, 0.1) is 0 Å². The second kappa shape index (κ2) is 45.7. The average molecular weight is 1160 g/mol. The standard InChI is InChI=1S/C52H96N6O22/c1-4-5-6-7-12-19-55-50(70)38(15-10-8-13-17-53-42(64)34-75-26-24-71-20-22-73-28-30-77-51-44(56-36(2)61)48(68)46(66)39(32-59)79-51)58-41(63)16-11-9-14-18-54-43(65)35-76-27-25-72-21-23-74-29-31-78-52-45(57-37(3)62)49(69)47(67)40(33-60)80-52/h38-40,44-49,51-52,59-60,66-69H,4-35H2,1-3H3,(H,53,64)(H,54,65)(H,55,70)(H,56,61)(H,57,62)(H,58,63)/t38-,39?,40?,44?,45?,46?,47?,48?,49?,51?,52?/m0/s1. The van der Waals surface area contributed by atoms with E-state index in [2.05, 4.69) is 38.8 Å². The highest BCUT2D eigenvalue weighted by Crippen LogP contribution is 2.23. The van der Waals surface area contributed by atoms with Crippen LogP contribution < -0.4 is 31.9 Å². The highest BCUT2D eigenvalue weighted by Gasteiger charge is 2.46. The van der Waals surface area contributed by atoms with Gasteiger partial charge < -0.3 is 110 Å². The molecule has 6 amide bonds. The van der Waals surface area contributed by atoms with E-state index >= 15 is 0 Å². The van der Waals surface area contributed by atoms with Gasteiger partial charge >= 0.3 is 0 Å². The molecule has 2 saturated heterocycles. The fraction of sp³-hybridized carbons (Fsp3) is 0.885. The molecule has 2 heterocycles. The maximum absolute atomic E-state index is 13.2. The summed E-state index contributed by atoms with van der Waals surface area (Å²) in [7, 11) is 0. The molecule has 0 aliphatic carbocycles. The monoisotopic (exact) mass is 1160 g/mol. The van der Waals surface area contributed by atoms with Crippen LogP contribution in [0.25, 0.3) is 0 Å². The zero-order valence-corrected chi connectivity index (χ0v) is 47.2. The molecule has 28 nitrogen and oxygen atoms in total. The summed E-state index contributed by atoms with van der Waals surface area (Å²) in [5, 5.41) is 76.2. The van der Waals surface area contributed by atoms with Crippen LogP contribution in [0.5, 0.6) is 0 Å². The van der Waals surface area contributed by atoms with Crippen LogP contribution in [0.2, 0.25) is 0 Å². The van der Waals surface area contributed by atoms with Gasteiger partial charge in [0.05, 0.1) is 92.5 Å². The molecule has 10 unspecified atom stereocenters. The minimum absolute atomic E-state index is 0.0365. The van der Waals surface area contributed by atoms with Gasteiger partial charge in [-0.15, -0.1) is 0 Å². The first-order chi connectivity index (χ1) is 38.6. The van der Waals surface area contributed by atoms with Crippen molar-refractivity contribution in [2.24, 2.45) is 0 Å². The summed E-state index contributed by atoms with van der Waals surface area (Å²) in [5.74, 6) is -1.91. The van der Waals surface area contributed by atoms with E-state index < -0.39 is 92.4 Å². The first kappa shape index (κ1) is 72.3. The molecule has 0 aromatic heterocycles. The zero-order valence-electron chi connectivity index (χ0n) is 47.2. The number of hydrogen-bond donors (Lipinski definition) is 12. The van der Waals surface area contributed by atoms with Gasteiger partial charge in [0.15, 0.2) is 12.6 Å². The van der Waals surface area contributed by atoms with Gasteiger partial charge in [0, 0.05) is 39.9 Å². The van der Waals surface area contributed by atoms with E-state index in [0.29, 0.717) is 58.2 Å². The van der Waals surface area contributed by atoms with E-state index in [-0.39, 0.29) is 123 Å². The second-order valence-corrected chi connectivity index (χ2v) is 19.3. The highest BCUT2D eigenvalue weighted by atomic mass is 16.7. The molecule has 2 aliphatic rings. The number of carbonyl (C=O) groups is 6. The number of aliphatic hydroxyl groups is 6. The van der Waals surface area contributed by atoms with Crippen LogP contribution in [0.15, 0.2) is 0 Å². The Labute approximate surface area is 470 Å². The fourth-order valence-electron chi connectivity index (χ4n) is 8.28. The summed E-state index contributed by atoms with van der Waals surface area (Å²) in [6.07, 6.45) is -0.117. The van der Waals surface area contributed by atoms with Gasteiger partial charge in [-0.1, -0.05) is 51.9 Å². The number of carbonyl (C=O) groups excluding carboxylic acids is 6. The Morgan fingerprint density at radius 2 is 0.850 bits per heavy atom. The molecule has 0 aromatic rings. The molecular formula is C52H96N6O22. The Kier molecular flexibility index (Phi) is 41.3. The van der Waals surface area contributed by atoms with E-state index in [1.165, 1.54) is 13.8 Å². The van der Waals surface area contributed by atoms with E-state index in [9.17, 15) is 59.4 Å². The van der Waals surface area contributed by atoms with Crippen LogP contribution >= 0.6 is 0 Å². The molecule has 0 radical (unpaired) electrons. The molecule has 28 heteroatoms. The third kappa shape index (κ3) is 32.7. The lowest BCUT2D eigenvalue weighted by Crippen LogP contribution is -2.64. The summed E-state index contributed by atoms with van der Waals surface area (Å²) in [4.78, 5) is 73.7. The van der Waals surface area contributed by atoms with Crippen LogP contribution in [0.1, 0.15) is 104 Å². The van der Waals surface area contributed by atoms with Crippen molar-refractivity contribution >= 4 is 35.4 Å². The third-order valence-electron chi connectivity index (χ3n) is 12.6. The molecule has 2 fully saturated rings. The molecule has 0 saturated carbocycles. The van der Waals surface area contributed by atoms with Crippen molar-refractivity contribution in [1.29, 1.82) is 0 Å². The first-order valence-electron chi connectivity index (χ1n) is 28.2. The SMILES string of the molecule is CCCCCCCNC(=O)[C@H](CCCCCNC(=O)COCCOCCOCCOC1OC(CO)C(O)C(O)C1NC(C)=O)NC(=O)CCCCCNC(=O)COCCOCCOCCOC1OC(CO)C(O)C(O)C1NC(C)=O. The Balaban J connectivity index is 1.51. The molecule has 0 aromatic carbocycles. The van der Waals surface area contributed by atoms with Crippen molar-refractivity contribution < 1.29 is 107 Å². The van der Waals surface area contributed by atoms with E-state index in [1.54, 1.807) is 0 Å². The van der Waals surface area contributed by atoms with Crippen LogP contribution in [-0.2, 0) is 76.1 Å². The number of aliphatic hydroxyl groups excluding tert-OH is 6. The maximum atomic E-state index is 13.2. The third-order valence-corrected chi connectivity index (χ3v) is 12.6. The molecule has 12 N–H and O–H groups in total. The van der Waals surface area contributed by atoms with Crippen molar-refractivity contribution in [3.05, 3.63) is 0 Å². The van der Waals surface area contributed by atoms with Crippen molar-refractivity contribution in [1.82, 2.24) is 31.9 Å². The summed E-state index contributed by atoms with van der Waals surface area (Å²) < 4.78 is 54.8. The number of unbranched alkanes of at least 4 members (excludes halogenated alkanes) is 8. The smallest absolute Gasteiger partial charge is 0.245 e. The average Bonchev–Trinajstić information content (AvgIpc) is 3.44. The summed E-state index contributed by atoms with van der Waals surface area (Å²) in [5.41, 5.74) is 0. The van der Waals surface area contributed by atoms with E-state index in [4.69, 9.17) is 47.4 Å². The molecule has 2 aliphatic heterocycles. The highest BCUT2D eigenvalue weighted by molar-refractivity contribution is 5.87. The van der Waals surface area contributed by atoms with Crippen LogP contribution in [-0.4, -0.2) is 259 Å². The first-order valence-corrected chi connectivity index (χ1v) is 28.2. The van der Waals surface area contributed by atoms with Crippen LogP contribution in [0.4, 0.5) is 0 Å². The molecule has 2 rings (SSSR count). The van der Waals surface area contributed by atoms with Gasteiger partial charge in [-0.25, -0.2) is 0 Å². The van der Waals surface area contributed by atoms with Gasteiger partial charge in [0.1, 0.15) is 68.0 Å². The van der Waals surface area contributed by atoms with Gasteiger partial charge in [0.2, 0.25) is 35.4 Å². The van der Waals surface area contributed by atoms with Crippen molar-refractivity contribution in [3.8, 4) is 0 Å². The number of hydrogen-bond acceptors (Lipinski definition) is 22. The molecule has 0 spiro atoms. The number of amides is 6. The second-order valence-electron chi connectivity index (χ2n) is 19.3. The predicted octanol–water partition coefficient (Wildman–Crippen LogP) is -3.07. The Morgan fingerprint density at radius 3 is 1.27 bits per heavy atom. The van der Waals surface area contributed by atoms with E-state index in [1.807, 2.05) is 0 Å². The summed E-state index contributed by atoms with van der Waals surface area (Å²) in [6.45, 7) is 6.77. The van der Waals surface area contributed by atoms with Gasteiger partial charge in [0.25, 0.3) is 0 Å². The largest absolute Gasteiger partial charge is 0.394 e. The van der Waals surface area contributed by atoms with Crippen LogP contribution in [0.3, 0.4) is 0 Å².